The highest BCUT2D eigenvalue weighted by Gasteiger charge is 2.12. The molecule has 6 nitrogen and oxygen atoms in total. The van der Waals surface area contributed by atoms with Crippen LogP contribution in [0.4, 0.5) is 0 Å². The van der Waals surface area contributed by atoms with E-state index in [9.17, 15) is 9.59 Å². The third kappa shape index (κ3) is 4.75. The zero-order valence-electron chi connectivity index (χ0n) is 11.6. The molecular formula is C14H17ClN4O2. The largest absolute Gasteiger partial charge is 0.346 e. The van der Waals surface area contributed by atoms with E-state index in [1.54, 1.807) is 6.92 Å². The molecule has 1 aromatic heterocycles. The maximum Gasteiger partial charge on any atom is 0.340 e. The fourth-order valence-electron chi connectivity index (χ4n) is 1.97. The minimum Gasteiger partial charge on any atom is -0.346 e. The van der Waals surface area contributed by atoms with Crippen molar-refractivity contribution in [2.45, 2.75) is 32.2 Å². The van der Waals surface area contributed by atoms with Crippen LogP contribution in [0.2, 0.25) is 5.02 Å². The predicted molar refractivity (Wildman–Crippen MR) is 80.2 cm³/mol. The van der Waals surface area contributed by atoms with Crippen LogP contribution in [0.25, 0.3) is 0 Å². The van der Waals surface area contributed by atoms with E-state index in [0.29, 0.717) is 17.3 Å². The topological polar surface area (TPSA) is 90.6 Å². The third-order valence-electron chi connectivity index (χ3n) is 3.09. The van der Waals surface area contributed by atoms with Crippen LogP contribution in [-0.2, 0) is 11.2 Å². The van der Waals surface area contributed by atoms with E-state index in [1.807, 2.05) is 24.3 Å². The number of H-pyrrole nitrogens is 2. The molecule has 0 aliphatic heterocycles. The zero-order valence-corrected chi connectivity index (χ0v) is 12.4. The van der Waals surface area contributed by atoms with Crippen LogP contribution < -0.4 is 11.0 Å². The maximum absolute atomic E-state index is 11.8. The lowest BCUT2D eigenvalue weighted by Crippen LogP contribution is -2.27. The number of rotatable bonds is 6. The first-order chi connectivity index (χ1) is 10.0. The number of amides is 1. The lowest BCUT2D eigenvalue weighted by Gasteiger charge is -2.10. The van der Waals surface area contributed by atoms with Crippen molar-refractivity contribution in [1.29, 1.82) is 0 Å². The van der Waals surface area contributed by atoms with Crippen LogP contribution >= 0.6 is 11.6 Å². The smallest absolute Gasteiger partial charge is 0.340 e. The van der Waals surface area contributed by atoms with Crippen molar-refractivity contribution in [3.05, 3.63) is 51.2 Å². The highest BCUT2D eigenvalue weighted by molar-refractivity contribution is 6.30. The highest BCUT2D eigenvalue weighted by Crippen LogP contribution is 2.12. The van der Waals surface area contributed by atoms with Crippen LogP contribution in [0, 0.1) is 0 Å². The Hall–Kier alpha value is -2.08. The molecule has 0 bridgehead atoms. The summed E-state index contributed by atoms with van der Waals surface area (Å²) in [4.78, 5) is 25.3. The van der Waals surface area contributed by atoms with Crippen molar-refractivity contribution >= 4 is 17.5 Å². The molecule has 1 aromatic carbocycles. The van der Waals surface area contributed by atoms with Crippen molar-refractivity contribution < 1.29 is 4.79 Å². The average Bonchev–Trinajstić information content (AvgIpc) is 2.88. The number of hydrogen-bond donors (Lipinski definition) is 3. The van der Waals surface area contributed by atoms with Crippen molar-refractivity contribution in [2.24, 2.45) is 0 Å². The molecule has 1 heterocycles. The summed E-state index contributed by atoms with van der Waals surface area (Å²) in [5.74, 6) is 0.353. The quantitative estimate of drug-likeness (QED) is 0.762. The van der Waals surface area contributed by atoms with Gasteiger partial charge in [-0.25, -0.2) is 9.89 Å². The van der Waals surface area contributed by atoms with Gasteiger partial charge in [0.25, 0.3) is 0 Å². The number of aromatic nitrogens is 3. The molecular weight excluding hydrogens is 292 g/mol. The molecule has 1 atom stereocenters. The number of aromatic amines is 2. The molecule has 1 amide bonds. The minimum absolute atomic E-state index is 0.0692. The van der Waals surface area contributed by atoms with E-state index >= 15 is 0 Å². The molecule has 0 saturated carbocycles. The van der Waals surface area contributed by atoms with Crippen LogP contribution in [0.3, 0.4) is 0 Å². The Morgan fingerprint density at radius 2 is 2.10 bits per heavy atom. The molecule has 21 heavy (non-hydrogen) atoms. The lowest BCUT2D eigenvalue weighted by molar-refractivity contribution is -0.121. The summed E-state index contributed by atoms with van der Waals surface area (Å²) in [6.07, 6.45) is 1.98. The second-order valence-electron chi connectivity index (χ2n) is 4.83. The summed E-state index contributed by atoms with van der Waals surface area (Å²) in [6, 6.07) is 7.26. The van der Waals surface area contributed by atoms with Crippen LogP contribution in [0.5, 0.6) is 0 Å². The second kappa shape index (κ2) is 7.08. The van der Waals surface area contributed by atoms with Gasteiger partial charge in [-0.1, -0.05) is 23.7 Å². The third-order valence-corrected chi connectivity index (χ3v) is 3.34. The predicted octanol–water partition coefficient (Wildman–Crippen LogP) is 1.95. The van der Waals surface area contributed by atoms with Crippen LogP contribution in [-0.4, -0.2) is 21.1 Å². The lowest BCUT2D eigenvalue weighted by atomic mass is 10.1. The van der Waals surface area contributed by atoms with Gasteiger partial charge in [-0.15, -0.1) is 0 Å². The van der Waals surface area contributed by atoms with E-state index in [1.165, 1.54) is 0 Å². The number of carbonyl (C=O) groups excluding carboxylic acids is 1. The zero-order chi connectivity index (χ0) is 15.2. The van der Waals surface area contributed by atoms with Gasteiger partial charge in [0.2, 0.25) is 5.91 Å². The Labute approximate surface area is 126 Å². The molecule has 0 aliphatic carbocycles. The summed E-state index contributed by atoms with van der Waals surface area (Å²) >= 11 is 5.82. The Kier molecular flexibility index (Phi) is 5.16. The first-order valence-electron chi connectivity index (χ1n) is 6.73. The monoisotopic (exact) mass is 308 g/mol. The van der Waals surface area contributed by atoms with Gasteiger partial charge in [-0.3, -0.25) is 9.78 Å². The van der Waals surface area contributed by atoms with Crippen molar-refractivity contribution in [3.63, 3.8) is 0 Å². The first kappa shape index (κ1) is 15.3. The highest BCUT2D eigenvalue weighted by atomic mass is 35.5. The van der Waals surface area contributed by atoms with E-state index < -0.39 is 0 Å². The van der Waals surface area contributed by atoms with Gasteiger partial charge in [0.1, 0.15) is 0 Å². The molecule has 2 rings (SSSR count). The Morgan fingerprint density at radius 1 is 1.38 bits per heavy atom. The molecule has 0 radical (unpaired) electrons. The van der Waals surface area contributed by atoms with Gasteiger partial charge < -0.3 is 5.32 Å². The van der Waals surface area contributed by atoms with Gasteiger partial charge in [-0.2, -0.15) is 5.10 Å². The number of nitrogens with one attached hydrogen (secondary N) is 3. The molecule has 7 heteroatoms. The molecule has 0 saturated heterocycles. The van der Waals surface area contributed by atoms with Crippen molar-refractivity contribution in [1.82, 2.24) is 20.5 Å². The van der Waals surface area contributed by atoms with E-state index in [2.05, 4.69) is 20.5 Å². The van der Waals surface area contributed by atoms with Crippen LogP contribution in [0.1, 0.15) is 37.2 Å². The standard InChI is InChI=1S/C14H17ClN4O2/c1-9(13-17-14(21)19-18-13)16-12(20)4-2-3-10-5-7-11(15)8-6-10/h5-9H,2-4H2,1H3,(H,16,20)(H2,17,18,19,21)/t9-/m0/s1. The Bertz CT molecular complexity index is 647. The van der Waals surface area contributed by atoms with Crippen molar-refractivity contribution in [3.8, 4) is 0 Å². The molecule has 0 unspecified atom stereocenters. The fourth-order valence-corrected chi connectivity index (χ4v) is 2.10. The number of hydrogen-bond acceptors (Lipinski definition) is 3. The number of carbonyl (C=O) groups is 1. The van der Waals surface area contributed by atoms with Gasteiger partial charge in [0.15, 0.2) is 5.82 Å². The van der Waals surface area contributed by atoms with Gasteiger partial charge in [0, 0.05) is 11.4 Å². The number of halogens is 1. The van der Waals surface area contributed by atoms with E-state index in [0.717, 1.165) is 18.4 Å². The number of nitrogens with zero attached hydrogens (tertiary/aromatic N) is 1. The number of benzene rings is 1. The maximum atomic E-state index is 11.8. The molecule has 0 spiro atoms. The minimum atomic E-state index is -0.381. The molecule has 0 aliphatic rings. The second-order valence-corrected chi connectivity index (χ2v) is 5.27. The summed E-state index contributed by atoms with van der Waals surface area (Å²) in [7, 11) is 0. The van der Waals surface area contributed by atoms with Gasteiger partial charge >= 0.3 is 5.69 Å². The summed E-state index contributed by atoms with van der Waals surface area (Å²) in [5, 5.41) is 9.55. The normalized spacial score (nSPS) is 12.1. The summed E-state index contributed by atoms with van der Waals surface area (Å²) < 4.78 is 0. The Balaban J connectivity index is 1.74. The van der Waals surface area contributed by atoms with Gasteiger partial charge in [-0.05, 0) is 37.5 Å². The SMILES string of the molecule is C[C@H](NC(=O)CCCc1ccc(Cl)cc1)c1n[nH]c(=O)[nH]1. The molecule has 112 valence electrons. The average molecular weight is 309 g/mol. The summed E-state index contributed by atoms with van der Waals surface area (Å²) in [5.41, 5.74) is 0.769. The molecule has 3 N–H and O–H groups in total. The van der Waals surface area contributed by atoms with Crippen molar-refractivity contribution in [2.75, 3.05) is 0 Å². The summed E-state index contributed by atoms with van der Waals surface area (Å²) in [6.45, 7) is 1.77. The fraction of sp³-hybridized carbons (Fsp3) is 0.357. The van der Waals surface area contributed by atoms with Gasteiger partial charge in [0.05, 0.1) is 6.04 Å². The molecule has 0 fully saturated rings. The van der Waals surface area contributed by atoms with E-state index in [4.69, 9.17) is 11.6 Å². The first-order valence-corrected chi connectivity index (χ1v) is 7.11. The molecule has 2 aromatic rings. The van der Waals surface area contributed by atoms with E-state index in [-0.39, 0.29) is 17.6 Å². The number of aryl methyl sites for hydroxylation is 1. The van der Waals surface area contributed by atoms with Crippen LogP contribution in [0.15, 0.2) is 29.1 Å². The Morgan fingerprint density at radius 3 is 2.71 bits per heavy atom.